The highest BCUT2D eigenvalue weighted by atomic mass is 35.5. The van der Waals surface area contributed by atoms with Gasteiger partial charge in [-0.2, -0.15) is 0 Å². The molecule has 0 spiro atoms. The van der Waals surface area contributed by atoms with E-state index in [0.717, 1.165) is 45.1 Å². The highest BCUT2D eigenvalue weighted by Gasteiger charge is 2.23. The number of rotatable bonds is 2. The first-order chi connectivity index (χ1) is 12.2. The molecule has 0 saturated heterocycles. The third-order valence-corrected chi connectivity index (χ3v) is 6.72. The Labute approximate surface area is 155 Å². The maximum absolute atomic E-state index is 12.8. The van der Waals surface area contributed by atoms with Crippen molar-refractivity contribution in [3.63, 3.8) is 0 Å². The highest BCUT2D eigenvalue weighted by molar-refractivity contribution is 7.18. The molecule has 0 atom stereocenters. The molecule has 0 saturated carbocycles. The van der Waals surface area contributed by atoms with Gasteiger partial charge in [-0.05, 0) is 30.6 Å². The Balaban J connectivity index is 1.72. The minimum absolute atomic E-state index is 0.0550. The summed E-state index contributed by atoms with van der Waals surface area (Å²) in [7, 11) is 0. The van der Waals surface area contributed by atoms with Crippen LogP contribution < -0.4 is 5.56 Å². The number of hydrogen-bond donors (Lipinski definition) is 0. The molecule has 5 heterocycles. The number of halogens is 1. The Morgan fingerprint density at radius 2 is 2.28 bits per heavy atom. The van der Waals surface area contributed by atoms with Gasteiger partial charge in [0, 0.05) is 23.0 Å². The van der Waals surface area contributed by atoms with Crippen molar-refractivity contribution >= 4 is 61.1 Å². The molecule has 5 rings (SSSR count). The molecule has 0 fully saturated rings. The van der Waals surface area contributed by atoms with Crippen LogP contribution in [-0.2, 0) is 13.0 Å². The van der Waals surface area contributed by atoms with Gasteiger partial charge < -0.3 is 0 Å². The number of imidazole rings is 1. The number of aromatic nitrogens is 4. The van der Waals surface area contributed by atoms with E-state index < -0.39 is 0 Å². The Kier molecular flexibility index (Phi) is 3.38. The number of aryl methyl sites for hydroxylation is 1. The first-order valence-corrected chi connectivity index (χ1v) is 10.1. The zero-order valence-corrected chi connectivity index (χ0v) is 15.7. The summed E-state index contributed by atoms with van der Waals surface area (Å²) in [5.41, 5.74) is 1.93. The summed E-state index contributed by atoms with van der Waals surface area (Å²) in [5.74, 6) is 0.753. The monoisotopic (exact) mass is 388 g/mol. The van der Waals surface area contributed by atoms with Crippen LogP contribution in [0.3, 0.4) is 0 Å². The van der Waals surface area contributed by atoms with Crippen LogP contribution in [0.5, 0.6) is 0 Å². The third-order valence-electron chi connectivity index (χ3n) is 4.51. The van der Waals surface area contributed by atoms with E-state index in [1.807, 2.05) is 28.1 Å². The lowest BCUT2D eigenvalue weighted by Gasteiger charge is -2.02. The summed E-state index contributed by atoms with van der Waals surface area (Å²) in [6, 6.07) is 1.98. The fraction of sp³-hybridized carbons (Fsp3) is 0.235. The summed E-state index contributed by atoms with van der Waals surface area (Å²) < 4.78 is 3.75. The molecule has 1 aliphatic rings. The lowest BCUT2D eigenvalue weighted by Crippen LogP contribution is -2.19. The standard InChI is InChI=1S/C17H13ClN4OS2/c1-2-10-8-11-15(25-10)20-14-9(3-4-22(14)16(11)23)7-12-13(18)19-17-21(12)5-6-24-17/h5-8H,2-4H2,1H3/b9-7+. The molecule has 8 heteroatoms. The molecule has 1 aliphatic heterocycles. The summed E-state index contributed by atoms with van der Waals surface area (Å²) >= 11 is 9.45. The molecule has 0 aliphatic carbocycles. The van der Waals surface area contributed by atoms with Crippen LogP contribution in [0, 0.1) is 0 Å². The van der Waals surface area contributed by atoms with E-state index in [0.29, 0.717) is 11.7 Å². The number of nitrogens with zero attached hydrogens (tertiary/aromatic N) is 4. The first kappa shape index (κ1) is 15.3. The first-order valence-electron chi connectivity index (χ1n) is 8.01. The number of thiazole rings is 1. The van der Waals surface area contributed by atoms with Gasteiger partial charge in [-0.3, -0.25) is 13.8 Å². The van der Waals surface area contributed by atoms with Crippen LogP contribution in [0.25, 0.3) is 26.8 Å². The summed E-state index contributed by atoms with van der Waals surface area (Å²) in [6.07, 6.45) is 5.66. The Bertz CT molecular complexity index is 1230. The van der Waals surface area contributed by atoms with Crippen molar-refractivity contribution in [1.29, 1.82) is 0 Å². The zero-order valence-electron chi connectivity index (χ0n) is 13.3. The summed E-state index contributed by atoms with van der Waals surface area (Å²) in [4.78, 5) is 24.8. The van der Waals surface area contributed by atoms with Crippen molar-refractivity contribution in [2.75, 3.05) is 0 Å². The van der Waals surface area contributed by atoms with Gasteiger partial charge in [-0.1, -0.05) is 18.5 Å². The fourth-order valence-electron chi connectivity index (χ4n) is 3.24. The zero-order chi connectivity index (χ0) is 17.1. The SMILES string of the molecule is CCc1cc2c(=O)n3c(nc2s1)/C(=C/c1c(Cl)nc2sccn12)CC3. The molecule has 0 radical (unpaired) electrons. The van der Waals surface area contributed by atoms with Gasteiger partial charge >= 0.3 is 0 Å². The average Bonchev–Trinajstić information content (AvgIpc) is 3.34. The van der Waals surface area contributed by atoms with Gasteiger partial charge in [0.1, 0.15) is 10.7 Å². The smallest absolute Gasteiger partial charge is 0.262 e. The van der Waals surface area contributed by atoms with Gasteiger partial charge in [-0.15, -0.1) is 22.7 Å². The molecule has 0 N–H and O–H groups in total. The van der Waals surface area contributed by atoms with E-state index in [9.17, 15) is 4.79 Å². The number of thiophene rings is 1. The van der Waals surface area contributed by atoms with E-state index in [1.54, 1.807) is 27.2 Å². The summed E-state index contributed by atoms with van der Waals surface area (Å²) in [6.45, 7) is 2.75. The molecule has 5 nitrogen and oxygen atoms in total. The molecule has 0 unspecified atom stereocenters. The molecule has 0 amide bonds. The van der Waals surface area contributed by atoms with E-state index in [-0.39, 0.29) is 5.56 Å². The lowest BCUT2D eigenvalue weighted by atomic mass is 10.2. The van der Waals surface area contributed by atoms with Gasteiger partial charge in [-0.25, -0.2) is 9.97 Å². The third kappa shape index (κ3) is 2.23. The van der Waals surface area contributed by atoms with Crippen molar-refractivity contribution in [3.05, 3.63) is 49.5 Å². The quantitative estimate of drug-likeness (QED) is 0.513. The largest absolute Gasteiger partial charge is 0.292 e. The molecule has 4 aromatic rings. The molecule has 0 bridgehead atoms. The maximum Gasteiger partial charge on any atom is 0.262 e. The van der Waals surface area contributed by atoms with Crippen molar-refractivity contribution in [2.24, 2.45) is 0 Å². The minimum Gasteiger partial charge on any atom is -0.292 e. The summed E-state index contributed by atoms with van der Waals surface area (Å²) in [5, 5.41) is 3.19. The van der Waals surface area contributed by atoms with Crippen LogP contribution >= 0.6 is 34.3 Å². The Morgan fingerprint density at radius 1 is 1.40 bits per heavy atom. The predicted octanol–water partition coefficient (Wildman–Crippen LogP) is 4.33. The van der Waals surface area contributed by atoms with Crippen molar-refractivity contribution < 1.29 is 0 Å². The lowest BCUT2D eigenvalue weighted by molar-refractivity contribution is 0.726. The number of fused-ring (bicyclic) bond motifs is 3. The Morgan fingerprint density at radius 3 is 3.12 bits per heavy atom. The van der Waals surface area contributed by atoms with Crippen molar-refractivity contribution in [1.82, 2.24) is 18.9 Å². The van der Waals surface area contributed by atoms with Crippen LogP contribution in [0.15, 0.2) is 22.4 Å². The molecule has 25 heavy (non-hydrogen) atoms. The van der Waals surface area contributed by atoms with Gasteiger partial charge in [0.15, 0.2) is 10.1 Å². The predicted molar refractivity (Wildman–Crippen MR) is 104 cm³/mol. The minimum atomic E-state index is 0.0550. The topological polar surface area (TPSA) is 52.2 Å². The molecule has 126 valence electrons. The second kappa shape index (κ2) is 5.52. The van der Waals surface area contributed by atoms with Gasteiger partial charge in [0.05, 0.1) is 11.1 Å². The fourth-order valence-corrected chi connectivity index (χ4v) is 5.20. The van der Waals surface area contributed by atoms with Crippen molar-refractivity contribution in [3.8, 4) is 0 Å². The highest BCUT2D eigenvalue weighted by Crippen LogP contribution is 2.32. The molecule has 4 aromatic heterocycles. The second-order valence-corrected chi connectivity index (χ2v) is 8.29. The number of allylic oxidation sites excluding steroid dienone is 1. The van der Waals surface area contributed by atoms with Crippen LogP contribution in [0.1, 0.15) is 29.7 Å². The second-order valence-electron chi connectivity index (χ2n) is 5.94. The average molecular weight is 389 g/mol. The van der Waals surface area contributed by atoms with E-state index in [4.69, 9.17) is 16.6 Å². The van der Waals surface area contributed by atoms with E-state index in [2.05, 4.69) is 11.9 Å². The number of hydrogen-bond acceptors (Lipinski definition) is 5. The van der Waals surface area contributed by atoms with Gasteiger partial charge in [0.2, 0.25) is 0 Å². The van der Waals surface area contributed by atoms with Crippen molar-refractivity contribution in [2.45, 2.75) is 26.3 Å². The maximum atomic E-state index is 12.8. The van der Waals surface area contributed by atoms with Crippen LogP contribution in [0.4, 0.5) is 0 Å². The normalized spacial score (nSPS) is 15.7. The van der Waals surface area contributed by atoms with Crippen LogP contribution in [0.2, 0.25) is 5.15 Å². The van der Waals surface area contributed by atoms with E-state index in [1.165, 1.54) is 4.88 Å². The molecule has 0 aromatic carbocycles. The van der Waals surface area contributed by atoms with Crippen LogP contribution in [-0.4, -0.2) is 18.9 Å². The molecular formula is C17H13ClN4OS2. The van der Waals surface area contributed by atoms with Gasteiger partial charge in [0.25, 0.3) is 5.56 Å². The van der Waals surface area contributed by atoms with E-state index >= 15 is 0 Å². The Hall–Kier alpha value is -1.96. The molecular weight excluding hydrogens is 376 g/mol.